The molecule has 7 heteroatoms. The van der Waals surface area contributed by atoms with Crippen LogP contribution in [0.2, 0.25) is 0 Å². The molecule has 2 aromatic rings. The summed E-state index contributed by atoms with van der Waals surface area (Å²) < 4.78 is 5.21. The van der Waals surface area contributed by atoms with Gasteiger partial charge in [0.25, 0.3) is 0 Å². The second-order valence-electron chi connectivity index (χ2n) is 7.05. The van der Waals surface area contributed by atoms with Crippen molar-refractivity contribution in [2.24, 2.45) is 0 Å². The highest BCUT2D eigenvalue weighted by Gasteiger charge is 2.29. The van der Waals surface area contributed by atoms with Gasteiger partial charge in [-0.15, -0.1) is 11.3 Å². The van der Waals surface area contributed by atoms with Crippen LogP contribution in [-0.2, 0) is 20.7 Å². The molecule has 0 saturated carbocycles. The molecule has 1 aromatic carbocycles. The van der Waals surface area contributed by atoms with Crippen molar-refractivity contribution >= 4 is 40.2 Å². The first kappa shape index (κ1) is 21.8. The zero-order chi connectivity index (χ0) is 21.8. The van der Waals surface area contributed by atoms with E-state index in [0.717, 1.165) is 21.6 Å². The van der Waals surface area contributed by atoms with E-state index in [1.54, 1.807) is 18.0 Å². The van der Waals surface area contributed by atoms with E-state index in [4.69, 9.17) is 4.74 Å². The molecule has 1 unspecified atom stereocenters. The summed E-state index contributed by atoms with van der Waals surface area (Å²) in [7, 11) is 0. The van der Waals surface area contributed by atoms with Crippen LogP contribution in [0.25, 0.3) is 6.08 Å². The number of thiophene rings is 1. The average molecular weight is 427 g/mol. The van der Waals surface area contributed by atoms with Crippen molar-refractivity contribution in [2.45, 2.75) is 46.6 Å². The van der Waals surface area contributed by atoms with Gasteiger partial charge in [-0.2, -0.15) is 0 Å². The molecular weight excluding hydrogens is 400 g/mol. The van der Waals surface area contributed by atoms with Crippen molar-refractivity contribution in [3.05, 3.63) is 57.6 Å². The number of fused-ring (bicyclic) bond motifs is 1. The van der Waals surface area contributed by atoms with Gasteiger partial charge in [-0.3, -0.25) is 9.59 Å². The number of carbonyl (C=O) groups excluding carboxylic acids is 3. The molecule has 2 amide bonds. The second-order valence-corrected chi connectivity index (χ2v) is 8.28. The predicted molar refractivity (Wildman–Crippen MR) is 118 cm³/mol. The molecule has 3 rings (SSSR count). The summed E-state index contributed by atoms with van der Waals surface area (Å²) in [5.41, 5.74) is 3.24. The first-order valence-electron chi connectivity index (χ1n) is 10.0. The Morgan fingerprint density at radius 1 is 1.20 bits per heavy atom. The van der Waals surface area contributed by atoms with Crippen LogP contribution in [0.1, 0.15) is 65.2 Å². The van der Waals surface area contributed by atoms with E-state index in [2.05, 4.69) is 5.32 Å². The van der Waals surface area contributed by atoms with E-state index in [-0.39, 0.29) is 24.8 Å². The van der Waals surface area contributed by atoms with Gasteiger partial charge in [0.2, 0.25) is 11.8 Å². The van der Waals surface area contributed by atoms with Gasteiger partial charge < -0.3 is 15.0 Å². The Morgan fingerprint density at radius 3 is 2.60 bits per heavy atom. The third-order valence-electron chi connectivity index (χ3n) is 5.14. The first-order chi connectivity index (χ1) is 14.4. The Balaban J connectivity index is 1.87. The van der Waals surface area contributed by atoms with E-state index < -0.39 is 12.0 Å². The molecule has 0 fully saturated rings. The van der Waals surface area contributed by atoms with Gasteiger partial charge in [-0.25, -0.2) is 4.79 Å². The van der Waals surface area contributed by atoms with Crippen molar-refractivity contribution < 1.29 is 19.1 Å². The number of anilines is 1. The number of hydrogen-bond donors (Lipinski definition) is 1. The molecule has 0 saturated heterocycles. The summed E-state index contributed by atoms with van der Waals surface area (Å²) in [6.07, 6.45) is 4.35. The number of aryl methyl sites for hydroxylation is 1. The molecule has 0 aliphatic carbocycles. The largest absolute Gasteiger partial charge is 0.462 e. The van der Waals surface area contributed by atoms with E-state index in [1.807, 2.05) is 44.2 Å². The van der Waals surface area contributed by atoms with E-state index in [1.165, 1.54) is 18.3 Å². The molecule has 1 aromatic heterocycles. The number of ether oxygens (including phenoxy) is 1. The zero-order valence-corrected chi connectivity index (χ0v) is 18.5. The predicted octanol–water partition coefficient (Wildman–Crippen LogP) is 4.70. The summed E-state index contributed by atoms with van der Waals surface area (Å²) in [6.45, 7) is 7.41. The van der Waals surface area contributed by atoms with Crippen molar-refractivity contribution in [2.75, 3.05) is 11.9 Å². The average Bonchev–Trinajstić information content (AvgIpc) is 3.02. The van der Waals surface area contributed by atoms with Crippen LogP contribution >= 0.6 is 11.3 Å². The summed E-state index contributed by atoms with van der Waals surface area (Å²) in [4.78, 5) is 40.2. The van der Waals surface area contributed by atoms with E-state index in [0.29, 0.717) is 17.0 Å². The lowest BCUT2D eigenvalue weighted by molar-refractivity contribution is -0.129. The lowest BCUT2D eigenvalue weighted by atomic mass is 9.93. The maximum atomic E-state index is 13.0. The Labute approximate surface area is 180 Å². The Kier molecular flexibility index (Phi) is 6.72. The van der Waals surface area contributed by atoms with Gasteiger partial charge >= 0.3 is 5.97 Å². The second kappa shape index (κ2) is 9.26. The number of nitrogens with zero attached hydrogens (tertiary/aromatic N) is 1. The molecule has 1 atom stereocenters. The third-order valence-corrected chi connectivity index (χ3v) is 6.21. The quantitative estimate of drug-likeness (QED) is 0.680. The Bertz CT molecular complexity index is 1010. The van der Waals surface area contributed by atoms with Crippen LogP contribution in [0, 0.1) is 6.92 Å². The minimum absolute atomic E-state index is 0.0849. The van der Waals surface area contributed by atoms with Gasteiger partial charge in [0.05, 0.1) is 24.6 Å². The fourth-order valence-corrected chi connectivity index (χ4v) is 4.93. The third kappa shape index (κ3) is 4.31. The van der Waals surface area contributed by atoms with Crippen LogP contribution in [0.4, 0.5) is 5.00 Å². The number of rotatable bonds is 6. The summed E-state index contributed by atoms with van der Waals surface area (Å²) in [5.74, 6) is -0.817. The minimum Gasteiger partial charge on any atom is -0.462 e. The number of benzene rings is 1. The molecule has 1 N–H and O–H groups in total. The highest BCUT2D eigenvalue weighted by molar-refractivity contribution is 7.16. The van der Waals surface area contributed by atoms with Crippen molar-refractivity contribution in [1.29, 1.82) is 0 Å². The SMILES string of the molecule is CCOC(=O)c1c(NC(=O)CC2c3ccccc3C=CN2C(C)=O)sc(C)c1CC. The molecule has 158 valence electrons. The highest BCUT2D eigenvalue weighted by Crippen LogP contribution is 2.36. The van der Waals surface area contributed by atoms with Gasteiger partial charge in [-0.1, -0.05) is 31.2 Å². The smallest absolute Gasteiger partial charge is 0.341 e. The van der Waals surface area contributed by atoms with Crippen molar-refractivity contribution in [1.82, 2.24) is 4.90 Å². The van der Waals surface area contributed by atoms with Crippen LogP contribution in [0.5, 0.6) is 0 Å². The molecule has 2 heterocycles. The molecule has 30 heavy (non-hydrogen) atoms. The monoisotopic (exact) mass is 426 g/mol. The maximum Gasteiger partial charge on any atom is 0.341 e. The first-order valence-corrected chi connectivity index (χ1v) is 10.8. The fraction of sp³-hybridized carbons (Fsp3) is 0.348. The summed E-state index contributed by atoms with van der Waals surface area (Å²) in [5, 5.41) is 3.40. The normalized spacial score (nSPS) is 14.9. The number of esters is 1. The number of nitrogens with one attached hydrogen (secondary N) is 1. The topological polar surface area (TPSA) is 75.7 Å². The highest BCUT2D eigenvalue weighted by atomic mass is 32.1. The van der Waals surface area contributed by atoms with Gasteiger partial charge in [-0.05, 0) is 43.0 Å². The Morgan fingerprint density at radius 2 is 1.93 bits per heavy atom. The molecule has 1 aliphatic heterocycles. The van der Waals surface area contributed by atoms with Crippen LogP contribution in [-0.4, -0.2) is 29.3 Å². The molecule has 0 bridgehead atoms. The lowest BCUT2D eigenvalue weighted by Crippen LogP contribution is -2.33. The Hall–Kier alpha value is -2.93. The van der Waals surface area contributed by atoms with E-state index >= 15 is 0 Å². The van der Waals surface area contributed by atoms with E-state index in [9.17, 15) is 14.4 Å². The molecular formula is C23H26N2O4S. The van der Waals surface area contributed by atoms with Gasteiger partial charge in [0, 0.05) is 18.0 Å². The zero-order valence-electron chi connectivity index (χ0n) is 17.7. The number of carbonyl (C=O) groups is 3. The molecule has 0 spiro atoms. The van der Waals surface area contributed by atoms with Crippen LogP contribution in [0.15, 0.2) is 30.5 Å². The number of hydrogen-bond acceptors (Lipinski definition) is 5. The maximum absolute atomic E-state index is 13.0. The van der Waals surface area contributed by atoms with Gasteiger partial charge in [0.1, 0.15) is 5.00 Å². The summed E-state index contributed by atoms with van der Waals surface area (Å²) in [6, 6.07) is 7.32. The molecule has 6 nitrogen and oxygen atoms in total. The number of amides is 2. The fourth-order valence-electron chi connectivity index (χ4n) is 3.78. The summed E-state index contributed by atoms with van der Waals surface area (Å²) >= 11 is 1.38. The molecule has 0 radical (unpaired) electrons. The lowest BCUT2D eigenvalue weighted by Gasteiger charge is -2.32. The minimum atomic E-state index is -0.426. The molecule has 1 aliphatic rings. The van der Waals surface area contributed by atoms with Gasteiger partial charge in [0.15, 0.2) is 0 Å². The van der Waals surface area contributed by atoms with Crippen LogP contribution in [0.3, 0.4) is 0 Å². The standard InChI is InChI=1S/C23H26N2O4S/c1-5-17-14(3)30-22(21(17)23(28)29-6-2)24-20(27)13-19-18-10-8-7-9-16(18)11-12-25(19)15(4)26/h7-12,19H,5-6,13H2,1-4H3,(H,24,27). The van der Waals surface area contributed by atoms with Crippen molar-refractivity contribution in [3.63, 3.8) is 0 Å². The van der Waals surface area contributed by atoms with Crippen molar-refractivity contribution in [3.8, 4) is 0 Å². The van der Waals surface area contributed by atoms with Crippen LogP contribution < -0.4 is 5.32 Å².